The molecule has 8 heteroatoms. The maximum atomic E-state index is 8.52. The minimum atomic E-state index is -2.60. The van der Waals surface area contributed by atoms with Gasteiger partial charge in [0.05, 0.1) is 0 Å². The summed E-state index contributed by atoms with van der Waals surface area (Å²) in [6, 6.07) is 0. The lowest BCUT2D eigenvalue weighted by Crippen LogP contribution is -2.33. The Hall–Kier alpha value is -0.310. The van der Waals surface area contributed by atoms with E-state index in [4.69, 9.17) is 25.4 Å². The van der Waals surface area contributed by atoms with Gasteiger partial charge >= 0.3 is 0 Å². The lowest BCUT2D eigenvalue weighted by Gasteiger charge is -2.15. The highest BCUT2D eigenvalue weighted by Gasteiger charge is 2.12. The lowest BCUT2D eigenvalue weighted by molar-refractivity contribution is -1.63. The lowest BCUT2D eigenvalue weighted by atomic mass is 10.3. The number of nitrogens with two attached hydrogens (primary N) is 2. The van der Waals surface area contributed by atoms with Crippen molar-refractivity contribution in [2.75, 3.05) is 0 Å². The van der Waals surface area contributed by atoms with Gasteiger partial charge in [-0.05, 0) is 27.7 Å². The summed E-state index contributed by atoms with van der Waals surface area (Å²) in [6.45, 7) is 7.06. The third-order valence-electron chi connectivity index (χ3n) is 0.565. The maximum absolute atomic E-state index is 8.52. The predicted octanol–water partition coefficient (Wildman–Crippen LogP) is -2.11. The SMILES string of the molecule is CC(C)(N)N=NC(C)(C)N.[O-][Cl+2]([O-])O. The number of halogens is 1. The summed E-state index contributed by atoms with van der Waals surface area (Å²) in [7, 11) is -2.60. The highest BCUT2D eigenvalue weighted by atomic mass is 35.6. The molecule has 0 radical (unpaired) electrons. The molecule has 14 heavy (non-hydrogen) atoms. The van der Waals surface area contributed by atoms with Gasteiger partial charge in [0.2, 0.25) is 0 Å². The molecule has 0 aliphatic rings. The molecule has 5 N–H and O–H groups in total. The van der Waals surface area contributed by atoms with Crippen LogP contribution in [0.3, 0.4) is 0 Å². The van der Waals surface area contributed by atoms with Crippen LogP contribution in [0.4, 0.5) is 0 Å². The van der Waals surface area contributed by atoms with Crippen LogP contribution in [0.1, 0.15) is 27.7 Å². The molecule has 0 aromatic rings. The predicted molar refractivity (Wildman–Crippen MR) is 43.6 cm³/mol. The van der Waals surface area contributed by atoms with E-state index in [1.54, 1.807) is 27.7 Å². The molecule has 86 valence electrons. The number of hydrogen-bond acceptors (Lipinski definition) is 7. The number of nitrogens with zero attached hydrogens (tertiary/aromatic N) is 2. The zero-order chi connectivity index (χ0) is 12.0. The maximum Gasteiger partial charge on any atom is 0.282 e. The Morgan fingerprint density at radius 3 is 1.21 bits per heavy atom. The summed E-state index contributed by atoms with van der Waals surface area (Å²) < 4.78 is 24.0. The summed E-state index contributed by atoms with van der Waals surface area (Å²) in [6.07, 6.45) is 0. The van der Waals surface area contributed by atoms with Gasteiger partial charge in [0, 0.05) is 4.66 Å². The van der Waals surface area contributed by atoms with E-state index in [0.29, 0.717) is 0 Å². The molecule has 0 aliphatic carbocycles. The highest BCUT2D eigenvalue weighted by Crippen LogP contribution is 2.05. The fraction of sp³-hybridized carbons (Fsp3) is 1.00. The molecule has 7 nitrogen and oxygen atoms in total. The largest absolute Gasteiger partial charge is 0.321 e. The normalized spacial score (nSPS) is 13.0. The van der Waals surface area contributed by atoms with Crippen molar-refractivity contribution < 1.29 is 24.8 Å². The van der Waals surface area contributed by atoms with E-state index >= 15 is 0 Å². The van der Waals surface area contributed by atoms with Crippen molar-refractivity contribution in [2.45, 2.75) is 39.0 Å². The molecule has 0 spiro atoms. The Labute approximate surface area is 86.2 Å². The first kappa shape index (κ1) is 16.1. The van der Waals surface area contributed by atoms with Gasteiger partial charge in [-0.1, -0.05) is 0 Å². The third-order valence-corrected chi connectivity index (χ3v) is 0.565. The van der Waals surface area contributed by atoms with Crippen LogP contribution in [0, 0.1) is 10.8 Å². The van der Waals surface area contributed by atoms with Crippen molar-refractivity contribution >= 4 is 0 Å². The average Bonchev–Trinajstić information content (AvgIpc) is 1.79. The first-order valence-electron chi connectivity index (χ1n) is 3.70. The van der Waals surface area contributed by atoms with Crippen molar-refractivity contribution in [1.29, 1.82) is 0 Å². The van der Waals surface area contributed by atoms with Gasteiger partial charge in [-0.3, -0.25) is 0 Å². The van der Waals surface area contributed by atoms with Crippen molar-refractivity contribution in [3.63, 3.8) is 0 Å². The summed E-state index contributed by atoms with van der Waals surface area (Å²) in [5.74, 6) is 0. The van der Waals surface area contributed by atoms with Crippen LogP contribution in [-0.2, 0) is 0 Å². The number of rotatable bonds is 2. The van der Waals surface area contributed by atoms with Gasteiger partial charge in [-0.15, -0.1) is 0 Å². The highest BCUT2D eigenvalue weighted by molar-refractivity contribution is 4.70. The first-order chi connectivity index (χ1) is 5.94. The molecule has 0 aromatic heterocycles. The topological polar surface area (TPSA) is 143 Å². The molecule has 0 atom stereocenters. The van der Waals surface area contributed by atoms with Gasteiger partial charge in [0.25, 0.3) is 10.8 Å². The third kappa shape index (κ3) is 29.8. The van der Waals surface area contributed by atoms with E-state index in [2.05, 4.69) is 10.2 Å². The minimum Gasteiger partial charge on any atom is -0.321 e. The molecule has 0 fully saturated rings. The molecule has 0 amide bonds. The molecule has 0 rings (SSSR count). The smallest absolute Gasteiger partial charge is 0.282 e. The van der Waals surface area contributed by atoms with Crippen LogP contribution in [0.15, 0.2) is 10.2 Å². The van der Waals surface area contributed by atoms with Gasteiger partial charge in [-0.2, -0.15) is 10.2 Å². The average molecular weight is 229 g/mol. The summed E-state index contributed by atoms with van der Waals surface area (Å²) in [5, 5.41) is 7.61. The van der Waals surface area contributed by atoms with Gasteiger partial charge in [0.15, 0.2) is 0 Å². The Kier molecular flexibility index (Phi) is 7.17. The van der Waals surface area contributed by atoms with E-state index < -0.39 is 22.1 Å². The van der Waals surface area contributed by atoms with Gasteiger partial charge < -0.3 is 20.8 Å². The zero-order valence-corrected chi connectivity index (χ0v) is 9.45. The van der Waals surface area contributed by atoms with Crippen LogP contribution in [0.25, 0.3) is 0 Å². The molecular formula is C6H17ClN4O3. The Bertz CT molecular complexity index is 154. The first-order valence-corrected chi connectivity index (χ1v) is 4.66. The van der Waals surface area contributed by atoms with Crippen LogP contribution >= 0.6 is 0 Å². The molecule has 0 unspecified atom stereocenters. The van der Waals surface area contributed by atoms with Crippen LogP contribution in [0.2, 0.25) is 0 Å². The van der Waals surface area contributed by atoms with Crippen molar-refractivity contribution in [1.82, 2.24) is 0 Å². The summed E-state index contributed by atoms with van der Waals surface area (Å²) in [4.78, 5) is 0. The Balaban J connectivity index is 0. The van der Waals surface area contributed by atoms with E-state index in [-0.39, 0.29) is 0 Å². The molecule has 0 aliphatic heterocycles. The monoisotopic (exact) mass is 228 g/mol. The summed E-state index contributed by atoms with van der Waals surface area (Å²) in [5.41, 5.74) is 9.82. The summed E-state index contributed by atoms with van der Waals surface area (Å²) >= 11 is 0. The fourth-order valence-electron chi connectivity index (χ4n) is 0.258. The van der Waals surface area contributed by atoms with Gasteiger partial charge in [0.1, 0.15) is 11.3 Å². The fourth-order valence-corrected chi connectivity index (χ4v) is 0.258. The van der Waals surface area contributed by atoms with Crippen LogP contribution in [-0.4, -0.2) is 16.0 Å². The number of azo groups is 1. The van der Waals surface area contributed by atoms with E-state index in [9.17, 15) is 0 Å². The van der Waals surface area contributed by atoms with E-state index in [1.807, 2.05) is 0 Å². The number of hydrogen-bond donors (Lipinski definition) is 3. The molecular weight excluding hydrogens is 212 g/mol. The van der Waals surface area contributed by atoms with E-state index in [0.717, 1.165) is 0 Å². The van der Waals surface area contributed by atoms with Gasteiger partial charge in [-0.25, -0.2) is 0 Å². The Morgan fingerprint density at radius 1 is 1.00 bits per heavy atom. The molecule has 0 saturated heterocycles. The second-order valence-corrected chi connectivity index (χ2v) is 4.11. The van der Waals surface area contributed by atoms with Crippen molar-refractivity contribution in [3.05, 3.63) is 0 Å². The minimum absolute atomic E-state index is 0.614. The van der Waals surface area contributed by atoms with Crippen LogP contribution < -0.4 is 20.8 Å². The second-order valence-electron chi connectivity index (χ2n) is 3.71. The van der Waals surface area contributed by atoms with Crippen molar-refractivity contribution in [2.24, 2.45) is 21.7 Å². The molecule has 0 heterocycles. The second kappa shape index (κ2) is 6.23. The molecule has 0 aromatic carbocycles. The standard InChI is InChI=1S/C6H16N4.ClHO3/c1-5(2,7)9-10-6(3,4)8;2-1(3)4/h7-8H2,1-4H3;2H. The zero-order valence-electron chi connectivity index (χ0n) is 8.69. The molecule has 0 bridgehead atoms. The Morgan fingerprint density at radius 2 is 1.14 bits per heavy atom. The van der Waals surface area contributed by atoms with Crippen molar-refractivity contribution in [3.8, 4) is 0 Å². The quantitative estimate of drug-likeness (QED) is 0.464. The molecule has 0 saturated carbocycles. The van der Waals surface area contributed by atoms with Crippen LogP contribution in [0.5, 0.6) is 0 Å². The van der Waals surface area contributed by atoms with E-state index in [1.165, 1.54) is 0 Å².